The minimum absolute atomic E-state index is 0.0715. The SMILES string of the molecule is COC1(Cc2nc(-c3ccccc3)c(C(=O)NCc3ccc(OC(F)F)cc3)s2)C=CC=CC1. The van der Waals surface area contributed by atoms with E-state index in [4.69, 9.17) is 9.72 Å². The van der Waals surface area contributed by atoms with Crippen LogP contribution in [-0.2, 0) is 17.7 Å². The predicted octanol–water partition coefficient (Wildman–Crippen LogP) is 5.79. The maximum absolute atomic E-state index is 13.2. The van der Waals surface area contributed by atoms with Crippen LogP contribution in [0.5, 0.6) is 5.75 Å². The number of amides is 1. The molecule has 1 unspecified atom stereocenters. The lowest BCUT2D eigenvalue weighted by Gasteiger charge is -2.28. The van der Waals surface area contributed by atoms with E-state index in [0.717, 1.165) is 22.6 Å². The topological polar surface area (TPSA) is 60.5 Å². The molecular formula is C26H24F2N2O3S. The molecule has 1 N–H and O–H groups in total. The van der Waals surface area contributed by atoms with E-state index in [-0.39, 0.29) is 18.2 Å². The van der Waals surface area contributed by atoms with Crippen molar-refractivity contribution in [2.45, 2.75) is 31.6 Å². The van der Waals surface area contributed by atoms with Gasteiger partial charge in [0.15, 0.2) is 0 Å². The van der Waals surface area contributed by atoms with Crippen LogP contribution in [0.2, 0.25) is 0 Å². The number of rotatable bonds is 9. The van der Waals surface area contributed by atoms with Crippen molar-refractivity contribution in [1.82, 2.24) is 10.3 Å². The van der Waals surface area contributed by atoms with Crippen molar-refractivity contribution < 1.29 is 23.0 Å². The van der Waals surface area contributed by atoms with E-state index in [1.165, 1.54) is 23.5 Å². The van der Waals surface area contributed by atoms with Crippen molar-refractivity contribution in [3.8, 4) is 17.0 Å². The number of thiazole rings is 1. The smallest absolute Gasteiger partial charge is 0.387 e. The van der Waals surface area contributed by atoms with E-state index >= 15 is 0 Å². The fraction of sp³-hybridized carbons (Fsp3) is 0.231. The first kappa shape index (κ1) is 23.8. The summed E-state index contributed by atoms with van der Waals surface area (Å²) in [4.78, 5) is 18.5. The number of methoxy groups -OCH3 is 1. The van der Waals surface area contributed by atoms with Gasteiger partial charge in [0, 0.05) is 25.6 Å². The summed E-state index contributed by atoms with van der Waals surface area (Å²) >= 11 is 1.35. The zero-order valence-corrected chi connectivity index (χ0v) is 19.4. The molecule has 1 aliphatic rings. The average molecular weight is 483 g/mol. The summed E-state index contributed by atoms with van der Waals surface area (Å²) in [6, 6.07) is 15.7. The van der Waals surface area contributed by atoms with E-state index in [2.05, 4.69) is 16.1 Å². The molecule has 0 aliphatic heterocycles. The van der Waals surface area contributed by atoms with Gasteiger partial charge in [0.05, 0.1) is 16.3 Å². The number of nitrogens with zero attached hydrogens (tertiary/aromatic N) is 1. The quantitative estimate of drug-likeness (QED) is 0.420. The van der Waals surface area contributed by atoms with Crippen molar-refractivity contribution in [3.63, 3.8) is 0 Å². The molecule has 1 atom stereocenters. The molecule has 34 heavy (non-hydrogen) atoms. The molecule has 0 saturated carbocycles. The number of ether oxygens (including phenoxy) is 2. The third-order valence-electron chi connectivity index (χ3n) is 5.49. The molecule has 5 nitrogen and oxygen atoms in total. The summed E-state index contributed by atoms with van der Waals surface area (Å²) in [6.07, 6.45) is 9.31. The zero-order chi connectivity index (χ0) is 24.0. The Balaban J connectivity index is 1.54. The van der Waals surface area contributed by atoms with Gasteiger partial charge in [-0.05, 0) is 24.1 Å². The fourth-order valence-corrected chi connectivity index (χ4v) is 4.81. The summed E-state index contributed by atoms with van der Waals surface area (Å²) in [5.41, 5.74) is 1.75. The molecule has 2 aromatic carbocycles. The van der Waals surface area contributed by atoms with Crippen molar-refractivity contribution in [2.75, 3.05) is 7.11 Å². The number of carbonyl (C=O) groups is 1. The third-order valence-corrected chi connectivity index (χ3v) is 6.55. The molecule has 8 heteroatoms. The maximum atomic E-state index is 13.2. The summed E-state index contributed by atoms with van der Waals surface area (Å²) < 4.78 is 34.8. The van der Waals surface area contributed by atoms with Crippen LogP contribution in [0.15, 0.2) is 78.9 Å². The lowest BCUT2D eigenvalue weighted by atomic mass is 9.92. The Morgan fingerprint density at radius 1 is 1.15 bits per heavy atom. The monoisotopic (exact) mass is 482 g/mol. The van der Waals surface area contributed by atoms with Gasteiger partial charge in [-0.15, -0.1) is 11.3 Å². The van der Waals surface area contributed by atoms with E-state index < -0.39 is 12.2 Å². The lowest BCUT2D eigenvalue weighted by molar-refractivity contribution is -0.0498. The van der Waals surface area contributed by atoms with Gasteiger partial charge < -0.3 is 14.8 Å². The lowest BCUT2D eigenvalue weighted by Crippen LogP contribution is -2.32. The third kappa shape index (κ3) is 5.76. The highest BCUT2D eigenvalue weighted by Gasteiger charge is 2.30. The molecule has 1 aliphatic carbocycles. The van der Waals surface area contributed by atoms with Crippen LogP contribution in [0.4, 0.5) is 8.78 Å². The van der Waals surface area contributed by atoms with Crippen LogP contribution in [0.25, 0.3) is 11.3 Å². The molecule has 1 amide bonds. The van der Waals surface area contributed by atoms with Gasteiger partial charge >= 0.3 is 6.61 Å². The Hall–Kier alpha value is -3.36. The molecule has 0 saturated heterocycles. The Bertz CT molecular complexity index is 1180. The second-order valence-corrected chi connectivity index (χ2v) is 8.88. The van der Waals surface area contributed by atoms with E-state index in [0.29, 0.717) is 17.0 Å². The van der Waals surface area contributed by atoms with Gasteiger partial charge in [-0.2, -0.15) is 8.78 Å². The Kier molecular flexibility index (Phi) is 7.49. The fourth-order valence-electron chi connectivity index (χ4n) is 3.69. The summed E-state index contributed by atoms with van der Waals surface area (Å²) in [5, 5.41) is 3.72. The molecule has 176 valence electrons. The highest BCUT2D eigenvalue weighted by Crippen LogP contribution is 2.33. The van der Waals surface area contributed by atoms with Crippen molar-refractivity contribution in [3.05, 3.63) is 94.3 Å². The molecule has 3 aromatic rings. The van der Waals surface area contributed by atoms with Crippen LogP contribution >= 0.6 is 11.3 Å². The van der Waals surface area contributed by atoms with Crippen molar-refractivity contribution >= 4 is 17.2 Å². The number of halogens is 2. The van der Waals surface area contributed by atoms with Crippen molar-refractivity contribution in [1.29, 1.82) is 0 Å². The normalized spacial score (nSPS) is 17.2. The van der Waals surface area contributed by atoms with Crippen LogP contribution < -0.4 is 10.1 Å². The molecule has 0 spiro atoms. The summed E-state index contributed by atoms with van der Waals surface area (Å²) in [7, 11) is 1.68. The van der Waals surface area contributed by atoms with E-state index in [9.17, 15) is 13.6 Å². The molecule has 4 rings (SSSR count). The number of carbonyl (C=O) groups excluding carboxylic acids is 1. The summed E-state index contributed by atoms with van der Waals surface area (Å²) in [5.74, 6) is -0.178. The molecular weight excluding hydrogens is 458 g/mol. The molecule has 1 aromatic heterocycles. The summed E-state index contributed by atoms with van der Waals surface area (Å²) in [6.45, 7) is -2.63. The van der Waals surface area contributed by atoms with Gasteiger partial charge in [0.25, 0.3) is 5.91 Å². The van der Waals surface area contributed by atoms with Gasteiger partial charge in [-0.1, -0.05) is 66.8 Å². The first-order chi connectivity index (χ1) is 16.5. The van der Waals surface area contributed by atoms with Gasteiger partial charge in [0.1, 0.15) is 10.6 Å². The molecule has 1 heterocycles. The number of aromatic nitrogens is 1. The highest BCUT2D eigenvalue weighted by atomic mass is 32.1. The second kappa shape index (κ2) is 10.7. The van der Waals surface area contributed by atoms with Crippen molar-refractivity contribution in [2.24, 2.45) is 0 Å². The van der Waals surface area contributed by atoms with Crippen LogP contribution in [0.3, 0.4) is 0 Å². The number of hydrogen-bond acceptors (Lipinski definition) is 5. The van der Waals surface area contributed by atoms with Gasteiger partial charge in [-0.3, -0.25) is 4.79 Å². The van der Waals surface area contributed by atoms with Gasteiger partial charge in [-0.25, -0.2) is 4.98 Å². The molecule has 0 fully saturated rings. The second-order valence-electron chi connectivity index (χ2n) is 7.79. The maximum Gasteiger partial charge on any atom is 0.387 e. The zero-order valence-electron chi connectivity index (χ0n) is 18.5. The first-order valence-electron chi connectivity index (χ1n) is 10.7. The predicted molar refractivity (Wildman–Crippen MR) is 128 cm³/mol. The van der Waals surface area contributed by atoms with Gasteiger partial charge in [0.2, 0.25) is 0 Å². The molecule has 0 radical (unpaired) electrons. The largest absolute Gasteiger partial charge is 0.435 e. The van der Waals surface area contributed by atoms with Crippen LogP contribution in [-0.4, -0.2) is 30.2 Å². The number of hydrogen-bond donors (Lipinski definition) is 1. The van der Waals surface area contributed by atoms with E-state index in [1.54, 1.807) is 19.2 Å². The Morgan fingerprint density at radius 2 is 1.91 bits per heavy atom. The van der Waals surface area contributed by atoms with Crippen LogP contribution in [0, 0.1) is 0 Å². The highest BCUT2D eigenvalue weighted by molar-refractivity contribution is 7.14. The minimum Gasteiger partial charge on any atom is -0.435 e. The first-order valence-corrected chi connectivity index (χ1v) is 11.6. The number of alkyl halides is 2. The van der Waals surface area contributed by atoms with Crippen LogP contribution in [0.1, 0.15) is 26.7 Å². The average Bonchev–Trinajstić information content (AvgIpc) is 3.28. The Labute approximate surface area is 200 Å². The number of allylic oxidation sites excluding steroid dienone is 2. The Morgan fingerprint density at radius 3 is 2.56 bits per heavy atom. The number of nitrogens with one attached hydrogen (secondary N) is 1. The molecule has 0 bridgehead atoms. The van der Waals surface area contributed by atoms with E-state index in [1.807, 2.05) is 48.6 Å². The number of benzene rings is 2. The standard InChI is InChI=1S/C26H24F2N2O3S/c1-32-26(14-6-3-7-15-26)16-21-30-22(19-8-4-2-5-9-19)23(34-21)24(31)29-17-18-10-12-20(13-11-18)33-25(27)28/h2-14,25H,15-17H2,1H3,(H,29,31). The minimum atomic E-state index is -2.88.